The molecule has 158 valence electrons. The summed E-state index contributed by atoms with van der Waals surface area (Å²) in [7, 11) is 8.96. The number of likely N-dealkylation sites (N-methyl/N-ethyl adjacent to an activating group) is 2. The lowest BCUT2D eigenvalue weighted by molar-refractivity contribution is -0.868. The van der Waals surface area contributed by atoms with Gasteiger partial charge >= 0.3 is 0 Å². The molecular formula is C26H36N4+2. The molecule has 0 saturated heterocycles. The van der Waals surface area contributed by atoms with E-state index in [-0.39, 0.29) is 0 Å². The van der Waals surface area contributed by atoms with Crippen molar-refractivity contribution in [1.82, 2.24) is 4.57 Å². The molecule has 4 rings (SSSR count). The van der Waals surface area contributed by atoms with Crippen LogP contribution < -0.4 is 9.47 Å². The van der Waals surface area contributed by atoms with Gasteiger partial charge in [0.2, 0.25) is 0 Å². The van der Waals surface area contributed by atoms with Crippen molar-refractivity contribution in [2.24, 2.45) is 7.05 Å². The molecule has 1 aliphatic rings. The fraction of sp³-hybridized carbons (Fsp3) is 0.423. The summed E-state index contributed by atoms with van der Waals surface area (Å²) in [5.41, 5.74) is 8.01. The number of anilines is 1. The fourth-order valence-corrected chi connectivity index (χ4v) is 4.51. The monoisotopic (exact) mass is 404 g/mol. The van der Waals surface area contributed by atoms with Crippen molar-refractivity contribution in [3.05, 3.63) is 59.4 Å². The summed E-state index contributed by atoms with van der Waals surface area (Å²) < 4.78 is 5.82. The molecule has 3 aromatic rings. The zero-order valence-electron chi connectivity index (χ0n) is 19.4. The van der Waals surface area contributed by atoms with Crippen molar-refractivity contribution in [2.45, 2.75) is 26.8 Å². The molecule has 0 atom stereocenters. The highest BCUT2D eigenvalue weighted by molar-refractivity contribution is 5.84. The highest BCUT2D eigenvalue weighted by atomic mass is 15.3. The Balaban J connectivity index is 1.59. The Bertz CT molecular complexity index is 1080. The minimum absolute atomic E-state index is 0.991. The van der Waals surface area contributed by atoms with E-state index in [1.807, 2.05) is 0 Å². The number of nitrogens with zero attached hydrogens (tertiary/aromatic N) is 4. The van der Waals surface area contributed by atoms with Crippen LogP contribution in [0.4, 0.5) is 5.69 Å². The Hall–Kier alpha value is -2.59. The molecule has 0 saturated carbocycles. The molecule has 0 aliphatic carbocycles. The molecule has 1 aromatic heterocycles. The van der Waals surface area contributed by atoms with Crippen LogP contribution in [-0.4, -0.2) is 49.8 Å². The molecule has 0 fully saturated rings. The van der Waals surface area contributed by atoms with Gasteiger partial charge in [0, 0.05) is 24.2 Å². The summed E-state index contributed by atoms with van der Waals surface area (Å²) in [6.07, 6.45) is 3.47. The molecule has 0 unspecified atom stereocenters. The Morgan fingerprint density at radius 3 is 2.50 bits per heavy atom. The third kappa shape index (κ3) is 4.01. The number of quaternary nitrogens is 1. The van der Waals surface area contributed by atoms with Gasteiger partial charge in [-0.25, -0.2) is 9.13 Å². The third-order valence-corrected chi connectivity index (χ3v) is 6.27. The minimum Gasteiger partial charge on any atom is -0.366 e. The number of allylic oxidation sites excluding steroid dienone is 1. The lowest BCUT2D eigenvalue weighted by Gasteiger charge is -2.29. The first-order chi connectivity index (χ1) is 14.3. The zero-order chi connectivity index (χ0) is 21.5. The zero-order valence-corrected chi connectivity index (χ0v) is 19.4. The summed E-state index contributed by atoms with van der Waals surface area (Å²) >= 11 is 0. The second-order valence-electron chi connectivity index (χ2n) is 9.63. The number of fused-ring (bicyclic) bond motifs is 3. The molecule has 4 heteroatoms. The predicted octanol–water partition coefficient (Wildman–Crippen LogP) is 4.25. The molecule has 30 heavy (non-hydrogen) atoms. The van der Waals surface area contributed by atoms with E-state index >= 15 is 0 Å². The Morgan fingerprint density at radius 2 is 1.83 bits per heavy atom. The van der Waals surface area contributed by atoms with E-state index < -0.39 is 0 Å². The van der Waals surface area contributed by atoms with Crippen LogP contribution in [0.3, 0.4) is 0 Å². The smallest absolute Gasteiger partial charge is 0.285 e. The van der Waals surface area contributed by atoms with Gasteiger partial charge < -0.3 is 9.38 Å². The van der Waals surface area contributed by atoms with Crippen LogP contribution in [0.2, 0.25) is 0 Å². The molecule has 0 N–H and O–H groups in total. The van der Waals surface area contributed by atoms with Gasteiger partial charge in [-0.3, -0.25) is 0 Å². The molecule has 4 nitrogen and oxygen atoms in total. The Labute approximate surface area is 181 Å². The van der Waals surface area contributed by atoms with Crippen LogP contribution in [-0.2, 0) is 13.6 Å². The molecule has 2 aromatic carbocycles. The van der Waals surface area contributed by atoms with Gasteiger partial charge in [0.1, 0.15) is 0 Å². The van der Waals surface area contributed by atoms with Crippen molar-refractivity contribution in [3.8, 4) is 0 Å². The summed E-state index contributed by atoms with van der Waals surface area (Å²) in [5.74, 6) is 1.35. The van der Waals surface area contributed by atoms with Crippen molar-refractivity contribution in [2.75, 3.05) is 45.7 Å². The molecule has 0 spiro atoms. The van der Waals surface area contributed by atoms with Crippen LogP contribution in [0, 0.1) is 6.92 Å². The first-order valence-corrected chi connectivity index (χ1v) is 11.1. The second-order valence-corrected chi connectivity index (χ2v) is 9.63. The average Bonchev–Trinajstić information content (AvgIpc) is 3.22. The van der Waals surface area contributed by atoms with E-state index in [1.54, 1.807) is 0 Å². The maximum absolute atomic E-state index is 2.48. The van der Waals surface area contributed by atoms with Gasteiger partial charge in [-0.1, -0.05) is 18.2 Å². The van der Waals surface area contributed by atoms with Crippen LogP contribution in [0.5, 0.6) is 0 Å². The molecule has 2 heterocycles. The molecule has 0 amide bonds. The van der Waals surface area contributed by atoms with Gasteiger partial charge in [-0.05, 0) is 55.3 Å². The van der Waals surface area contributed by atoms with E-state index in [1.165, 1.54) is 39.2 Å². The van der Waals surface area contributed by atoms with Crippen molar-refractivity contribution >= 4 is 28.4 Å². The standard InChI is InChI=1S/C26H36N4/c1-7-28(16-17-30(4,5)6)23-11-9-21(10-12-23)19-22-14-15-29-25-18-20(2)8-13-24(25)27(3)26(22)29/h8-13,18-19H,7,14-17H2,1-6H3/q+2. The largest absolute Gasteiger partial charge is 0.366 e. The number of imidazole rings is 1. The maximum atomic E-state index is 2.48. The molecule has 0 radical (unpaired) electrons. The lowest BCUT2D eigenvalue weighted by Crippen LogP contribution is -2.42. The van der Waals surface area contributed by atoms with Crippen LogP contribution in [0.15, 0.2) is 42.5 Å². The molecule has 1 aliphatic heterocycles. The van der Waals surface area contributed by atoms with Crippen LogP contribution in [0.25, 0.3) is 22.7 Å². The fourth-order valence-electron chi connectivity index (χ4n) is 4.51. The number of hydrogen-bond acceptors (Lipinski definition) is 1. The maximum Gasteiger partial charge on any atom is 0.285 e. The predicted molar refractivity (Wildman–Crippen MR) is 128 cm³/mol. The van der Waals surface area contributed by atoms with Crippen LogP contribution >= 0.6 is 0 Å². The number of benzene rings is 2. The van der Waals surface area contributed by atoms with Gasteiger partial charge in [0.05, 0.1) is 47.8 Å². The topological polar surface area (TPSA) is 12.1 Å². The quantitative estimate of drug-likeness (QED) is 0.442. The van der Waals surface area contributed by atoms with E-state index in [9.17, 15) is 0 Å². The minimum atomic E-state index is 0.991. The average molecular weight is 405 g/mol. The Morgan fingerprint density at radius 1 is 1.10 bits per heavy atom. The van der Waals surface area contributed by atoms with E-state index in [2.05, 4.69) is 105 Å². The Kier molecular flexibility index (Phi) is 5.46. The molecule has 0 bridgehead atoms. The van der Waals surface area contributed by atoms with E-state index in [4.69, 9.17) is 0 Å². The normalized spacial score (nSPS) is 15.2. The summed E-state index contributed by atoms with van der Waals surface area (Å²) in [4.78, 5) is 2.47. The number of rotatable bonds is 6. The van der Waals surface area contributed by atoms with E-state index in [0.29, 0.717) is 0 Å². The summed E-state index contributed by atoms with van der Waals surface area (Å²) in [5, 5.41) is 0. The lowest BCUT2D eigenvalue weighted by atomic mass is 10.1. The van der Waals surface area contributed by atoms with Gasteiger partial charge in [0.25, 0.3) is 5.82 Å². The molecular weight excluding hydrogens is 368 g/mol. The number of aromatic nitrogens is 2. The second kappa shape index (κ2) is 7.92. The van der Waals surface area contributed by atoms with Gasteiger partial charge in [-0.2, -0.15) is 0 Å². The van der Waals surface area contributed by atoms with E-state index in [0.717, 1.165) is 37.1 Å². The highest BCUT2D eigenvalue weighted by Crippen LogP contribution is 2.31. The summed E-state index contributed by atoms with van der Waals surface area (Å²) in [6, 6.07) is 15.9. The van der Waals surface area contributed by atoms with Crippen molar-refractivity contribution in [1.29, 1.82) is 0 Å². The van der Waals surface area contributed by atoms with Gasteiger partial charge in [0.15, 0.2) is 11.0 Å². The summed E-state index contributed by atoms with van der Waals surface area (Å²) in [6.45, 7) is 8.73. The first-order valence-electron chi connectivity index (χ1n) is 11.1. The number of hydrogen-bond donors (Lipinski definition) is 0. The first kappa shape index (κ1) is 20.7. The number of aryl methyl sites for hydroxylation is 3. The third-order valence-electron chi connectivity index (χ3n) is 6.27. The van der Waals surface area contributed by atoms with Crippen LogP contribution in [0.1, 0.15) is 30.3 Å². The SMILES string of the molecule is CCN(CC[N+](C)(C)C)c1ccc(/C=C2\CCn3c2[n+](C)c2ccc(C)cc23)cc1. The van der Waals surface area contributed by atoms with Crippen molar-refractivity contribution in [3.63, 3.8) is 0 Å². The van der Waals surface area contributed by atoms with Crippen molar-refractivity contribution < 1.29 is 9.05 Å². The van der Waals surface area contributed by atoms with Gasteiger partial charge in [-0.15, -0.1) is 0 Å². The highest BCUT2D eigenvalue weighted by Gasteiger charge is 2.31.